The maximum absolute atomic E-state index is 12.4. The van der Waals surface area contributed by atoms with Gasteiger partial charge in [0.15, 0.2) is 0 Å². The first-order valence-corrected chi connectivity index (χ1v) is 7.24. The first-order chi connectivity index (χ1) is 9.99. The van der Waals surface area contributed by atoms with Crippen LogP contribution in [0.4, 0.5) is 11.4 Å². The van der Waals surface area contributed by atoms with Crippen LogP contribution in [0.5, 0.6) is 0 Å². The third-order valence-electron chi connectivity index (χ3n) is 3.26. The number of hydrogen-bond donors (Lipinski definition) is 1. The molecular formula is C17H19ClN2O. The second-order valence-electron chi connectivity index (χ2n) is 5.10. The largest absolute Gasteiger partial charge is 0.378 e. The van der Waals surface area contributed by atoms with Gasteiger partial charge in [-0.1, -0.05) is 24.3 Å². The molecule has 1 N–H and O–H groups in total. The Morgan fingerprint density at radius 1 is 1.14 bits per heavy atom. The van der Waals surface area contributed by atoms with Crippen LogP contribution >= 0.6 is 11.6 Å². The summed E-state index contributed by atoms with van der Waals surface area (Å²) in [7, 11) is 3.89. The van der Waals surface area contributed by atoms with E-state index in [0.29, 0.717) is 5.56 Å². The molecule has 0 radical (unpaired) electrons. The van der Waals surface area contributed by atoms with E-state index in [1.165, 1.54) is 0 Å². The number of amides is 1. The first kappa shape index (κ1) is 15.4. The number of halogens is 1. The Kier molecular flexibility index (Phi) is 4.86. The molecule has 0 bridgehead atoms. The Balaban J connectivity index is 2.24. The van der Waals surface area contributed by atoms with Gasteiger partial charge in [0.05, 0.1) is 5.38 Å². The van der Waals surface area contributed by atoms with Crippen LogP contribution in [-0.4, -0.2) is 20.0 Å². The molecule has 1 unspecified atom stereocenters. The van der Waals surface area contributed by atoms with Gasteiger partial charge in [0, 0.05) is 31.0 Å². The van der Waals surface area contributed by atoms with Crippen molar-refractivity contribution in [3.63, 3.8) is 0 Å². The fourth-order valence-corrected chi connectivity index (χ4v) is 2.27. The van der Waals surface area contributed by atoms with E-state index in [1.807, 2.05) is 68.4 Å². The number of rotatable bonds is 4. The molecule has 0 heterocycles. The van der Waals surface area contributed by atoms with Gasteiger partial charge >= 0.3 is 0 Å². The Morgan fingerprint density at radius 2 is 1.86 bits per heavy atom. The van der Waals surface area contributed by atoms with E-state index in [9.17, 15) is 4.79 Å². The van der Waals surface area contributed by atoms with Gasteiger partial charge < -0.3 is 10.2 Å². The molecule has 0 aliphatic rings. The molecule has 0 aromatic heterocycles. The Hall–Kier alpha value is -2.00. The highest BCUT2D eigenvalue weighted by atomic mass is 35.5. The van der Waals surface area contributed by atoms with Gasteiger partial charge in [-0.3, -0.25) is 4.79 Å². The predicted molar refractivity (Wildman–Crippen MR) is 89.4 cm³/mol. The van der Waals surface area contributed by atoms with E-state index < -0.39 is 0 Å². The summed E-state index contributed by atoms with van der Waals surface area (Å²) >= 11 is 6.15. The SMILES string of the molecule is CC(Cl)c1ccccc1NC(=O)c1cccc(N(C)C)c1. The molecule has 4 heteroatoms. The first-order valence-electron chi connectivity index (χ1n) is 6.81. The van der Waals surface area contributed by atoms with E-state index >= 15 is 0 Å². The Bertz CT molecular complexity index is 638. The molecule has 1 atom stereocenters. The molecule has 0 aliphatic carbocycles. The van der Waals surface area contributed by atoms with Crippen LogP contribution in [0.25, 0.3) is 0 Å². The number of para-hydroxylation sites is 1. The van der Waals surface area contributed by atoms with Crippen LogP contribution < -0.4 is 10.2 Å². The van der Waals surface area contributed by atoms with Crippen molar-refractivity contribution in [1.29, 1.82) is 0 Å². The third-order valence-corrected chi connectivity index (χ3v) is 3.50. The fraction of sp³-hybridized carbons (Fsp3) is 0.235. The van der Waals surface area contributed by atoms with Crippen LogP contribution in [-0.2, 0) is 0 Å². The maximum Gasteiger partial charge on any atom is 0.255 e. The van der Waals surface area contributed by atoms with E-state index in [0.717, 1.165) is 16.9 Å². The molecule has 3 nitrogen and oxygen atoms in total. The van der Waals surface area contributed by atoms with Crippen molar-refractivity contribution in [2.45, 2.75) is 12.3 Å². The van der Waals surface area contributed by atoms with Gasteiger partial charge in [-0.05, 0) is 36.8 Å². The summed E-state index contributed by atoms with van der Waals surface area (Å²) in [5.74, 6) is -0.136. The number of benzene rings is 2. The molecule has 0 saturated carbocycles. The average Bonchev–Trinajstić information content (AvgIpc) is 2.47. The maximum atomic E-state index is 12.4. The van der Waals surface area contributed by atoms with Crippen LogP contribution in [0.15, 0.2) is 48.5 Å². The van der Waals surface area contributed by atoms with Crippen LogP contribution in [0.3, 0.4) is 0 Å². The molecule has 1 amide bonds. The number of nitrogens with zero attached hydrogens (tertiary/aromatic N) is 1. The minimum absolute atomic E-state index is 0.136. The fourth-order valence-electron chi connectivity index (χ4n) is 2.08. The van der Waals surface area contributed by atoms with Gasteiger partial charge in [-0.15, -0.1) is 11.6 Å². The van der Waals surface area contributed by atoms with Crippen LogP contribution in [0.1, 0.15) is 28.2 Å². The molecule has 0 spiro atoms. The van der Waals surface area contributed by atoms with Crippen LogP contribution in [0, 0.1) is 0 Å². The summed E-state index contributed by atoms with van der Waals surface area (Å²) in [5.41, 5.74) is 3.27. The van der Waals surface area contributed by atoms with Gasteiger partial charge in [0.2, 0.25) is 0 Å². The number of carbonyl (C=O) groups excluding carboxylic acids is 1. The van der Waals surface area contributed by atoms with E-state index in [1.54, 1.807) is 6.07 Å². The summed E-state index contributed by atoms with van der Waals surface area (Å²) < 4.78 is 0. The summed E-state index contributed by atoms with van der Waals surface area (Å²) in [4.78, 5) is 14.4. The quantitative estimate of drug-likeness (QED) is 0.854. The lowest BCUT2D eigenvalue weighted by atomic mass is 10.1. The lowest BCUT2D eigenvalue weighted by molar-refractivity contribution is 0.102. The zero-order valence-corrected chi connectivity index (χ0v) is 13.2. The molecule has 2 aromatic carbocycles. The smallest absolute Gasteiger partial charge is 0.255 e. The standard InChI is InChI=1S/C17H19ClN2O/c1-12(18)15-9-4-5-10-16(15)19-17(21)13-7-6-8-14(11-13)20(2)3/h4-12H,1-3H3,(H,19,21). The molecular weight excluding hydrogens is 284 g/mol. The number of carbonyl (C=O) groups is 1. The van der Waals surface area contributed by atoms with Crippen molar-refractivity contribution >= 4 is 28.9 Å². The summed E-state index contributed by atoms with van der Waals surface area (Å²) in [6, 6.07) is 15.1. The number of anilines is 2. The Morgan fingerprint density at radius 3 is 2.52 bits per heavy atom. The average molecular weight is 303 g/mol. The number of alkyl halides is 1. The zero-order valence-electron chi connectivity index (χ0n) is 12.4. The highest BCUT2D eigenvalue weighted by molar-refractivity contribution is 6.21. The summed E-state index contributed by atoms with van der Waals surface area (Å²) in [6.07, 6.45) is 0. The van der Waals surface area contributed by atoms with Crippen molar-refractivity contribution in [2.24, 2.45) is 0 Å². The minimum Gasteiger partial charge on any atom is -0.378 e. The molecule has 21 heavy (non-hydrogen) atoms. The Labute approximate surface area is 130 Å². The lowest BCUT2D eigenvalue weighted by Crippen LogP contribution is -2.15. The minimum atomic E-state index is -0.158. The van der Waals surface area contributed by atoms with Gasteiger partial charge in [-0.2, -0.15) is 0 Å². The van der Waals surface area contributed by atoms with Crippen molar-refractivity contribution in [3.05, 3.63) is 59.7 Å². The van der Waals surface area contributed by atoms with Crippen LogP contribution in [0.2, 0.25) is 0 Å². The van der Waals surface area contributed by atoms with E-state index in [4.69, 9.17) is 11.6 Å². The topological polar surface area (TPSA) is 32.3 Å². The van der Waals surface area contributed by atoms with Crippen molar-refractivity contribution < 1.29 is 4.79 Å². The highest BCUT2D eigenvalue weighted by Gasteiger charge is 2.12. The second-order valence-corrected chi connectivity index (χ2v) is 5.76. The van der Waals surface area contributed by atoms with Gasteiger partial charge in [0.1, 0.15) is 0 Å². The molecule has 2 rings (SSSR count). The van der Waals surface area contributed by atoms with Gasteiger partial charge in [0.25, 0.3) is 5.91 Å². The molecule has 0 fully saturated rings. The number of nitrogens with one attached hydrogen (secondary N) is 1. The van der Waals surface area contributed by atoms with E-state index in [-0.39, 0.29) is 11.3 Å². The molecule has 0 saturated heterocycles. The summed E-state index contributed by atoms with van der Waals surface area (Å²) in [5, 5.41) is 2.77. The van der Waals surface area contributed by atoms with Crippen molar-refractivity contribution in [1.82, 2.24) is 0 Å². The molecule has 0 aliphatic heterocycles. The second kappa shape index (κ2) is 6.64. The number of hydrogen-bond acceptors (Lipinski definition) is 2. The lowest BCUT2D eigenvalue weighted by Gasteiger charge is -2.15. The van der Waals surface area contributed by atoms with Crippen molar-refractivity contribution in [3.8, 4) is 0 Å². The monoisotopic (exact) mass is 302 g/mol. The predicted octanol–water partition coefficient (Wildman–Crippen LogP) is 4.30. The van der Waals surface area contributed by atoms with Gasteiger partial charge in [-0.25, -0.2) is 0 Å². The zero-order chi connectivity index (χ0) is 15.4. The normalized spacial score (nSPS) is 11.8. The molecule has 2 aromatic rings. The highest BCUT2D eigenvalue weighted by Crippen LogP contribution is 2.27. The van der Waals surface area contributed by atoms with Crippen molar-refractivity contribution in [2.75, 3.05) is 24.3 Å². The molecule has 110 valence electrons. The van der Waals surface area contributed by atoms with E-state index in [2.05, 4.69) is 5.32 Å². The summed E-state index contributed by atoms with van der Waals surface area (Å²) in [6.45, 7) is 1.89. The third kappa shape index (κ3) is 3.76.